The summed E-state index contributed by atoms with van der Waals surface area (Å²) in [5.41, 5.74) is 1.61. The van der Waals surface area contributed by atoms with Crippen molar-refractivity contribution in [1.82, 2.24) is 4.98 Å². The maximum absolute atomic E-state index is 13.1. The molecule has 0 aliphatic carbocycles. The van der Waals surface area contributed by atoms with Crippen LogP contribution in [-0.4, -0.2) is 12.1 Å². The topological polar surface area (TPSA) is 34.1 Å². The largest absolute Gasteiger partial charge is 0.480 e. The Balaban J connectivity index is 2.14. The number of hydrogen-bond acceptors (Lipinski definition) is 3. The fourth-order valence-electron chi connectivity index (χ4n) is 1.56. The highest BCUT2D eigenvalue weighted by atomic mass is 79.9. The molecule has 0 bridgehead atoms. The van der Waals surface area contributed by atoms with E-state index < -0.39 is 0 Å². The van der Waals surface area contributed by atoms with E-state index in [9.17, 15) is 4.39 Å². The van der Waals surface area contributed by atoms with Crippen LogP contribution >= 0.6 is 15.9 Å². The van der Waals surface area contributed by atoms with E-state index in [4.69, 9.17) is 4.74 Å². The van der Waals surface area contributed by atoms with Gasteiger partial charge in [-0.25, -0.2) is 9.37 Å². The summed E-state index contributed by atoms with van der Waals surface area (Å²) >= 11 is 3.39. The fourth-order valence-corrected chi connectivity index (χ4v) is 1.94. The number of anilines is 1. The Kier molecular flexibility index (Phi) is 4.15. The monoisotopic (exact) mass is 310 g/mol. The molecule has 0 aliphatic heterocycles. The van der Waals surface area contributed by atoms with Crippen LogP contribution in [0.5, 0.6) is 5.88 Å². The van der Waals surface area contributed by atoms with Gasteiger partial charge in [0.05, 0.1) is 12.8 Å². The van der Waals surface area contributed by atoms with Crippen molar-refractivity contribution >= 4 is 21.6 Å². The number of benzene rings is 1. The third kappa shape index (κ3) is 2.98. The standard InChI is InChI=1S/C13H12BrFN2O/c1-18-13-12(3-2-6-16-13)17-8-9-7-10(15)4-5-11(9)14/h2-7,17H,8H2,1H3. The van der Waals surface area contributed by atoms with E-state index in [1.807, 2.05) is 12.1 Å². The minimum atomic E-state index is -0.256. The molecular formula is C13H12BrFN2O. The Morgan fingerprint density at radius 2 is 2.22 bits per heavy atom. The summed E-state index contributed by atoms with van der Waals surface area (Å²) in [6, 6.07) is 8.26. The first-order valence-electron chi connectivity index (χ1n) is 5.37. The van der Waals surface area contributed by atoms with Gasteiger partial charge in [0.15, 0.2) is 0 Å². The molecule has 3 nitrogen and oxygen atoms in total. The van der Waals surface area contributed by atoms with E-state index in [1.54, 1.807) is 19.4 Å². The molecule has 94 valence electrons. The average molecular weight is 311 g/mol. The van der Waals surface area contributed by atoms with Gasteiger partial charge in [-0.05, 0) is 35.9 Å². The van der Waals surface area contributed by atoms with Crippen molar-refractivity contribution in [2.24, 2.45) is 0 Å². The number of hydrogen-bond donors (Lipinski definition) is 1. The molecule has 0 amide bonds. The highest BCUT2D eigenvalue weighted by Gasteiger charge is 2.05. The smallest absolute Gasteiger partial charge is 0.237 e. The van der Waals surface area contributed by atoms with Gasteiger partial charge in [0.1, 0.15) is 5.82 Å². The third-order valence-corrected chi connectivity index (χ3v) is 3.22. The van der Waals surface area contributed by atoms with Crippen LogP contribution in [0.3, 0.4) is 0 Å². The maximum Gasteiger partial charge on any atom is 0.237 e. The summed E-state index contributed by atoms with van der Waals surface area (Å²) in [5.74, 6) is 0.262. The van der Waals surface area contributed by atoms with Crippen LogP contribution < -0.4 is 10.1 Å². The van der Waals surface area contributed by atoms with Crippen molar-refractivity contribution in [2.75, 3.05) is 12.4 Å². The van der Waals surface area contributed by atoms with Gasteiger partial charge in [0.25, 0.3) is 0 Å². The highest BCUT2D eigenvalue weighted by molar-refractivity contribution is 9.10. The van der Waals surface area contributed by atoms with Crippen LogP contribution in [0.15, 0.2) is 41.0 Å². The molecule has 18 heavy (non-hydrogen) atoms. The van der Waals surface area contributed by atoms with Crippen LogP contribution in [-0.2, 0) is 6.54 Å². The average Bonchev–Trinajstić information content (AvgIpc) is 2.40. The first-order chi connectivity index (χ1) is 8.70. The van der Waals surface area contributed by atoms with Gasteiger partial charge in [-0.2, -0.15) is 0 Å². The lowest BCUT2D eigenvalue weighted by molar-refractivity contribution is 0.399. The minimum absolute atomic E-state index is 0.256. The molecule has 2 aromatic rings. The normalized spacial score (nSPS) is 10.2. The van der Waals surface area contributed by atoms with E-state index in [0.29, 0.717) is 12.4 Å². The number of ether oxygens (including phenoxy) is 1. The molecule has 0 unspecified atom stereocenters. The van der Waals surface area contributed by atoms with Gasteiger partial charge >= 0.3 is 0 Å². The first-order valence-corrected chi connectivity index (χ1v) is 6.17. The lowest BCUT2D eigenvalue weighted by Crippen LogP contribution is -2.03. The number of pyridine rings is 1. The maximum atomic E-state index is 13.1. The molecule has 1 aromatic heterocycles. The number of aromatic nitrogens is 1. The predicted molar refractivity (Wildman–Crippen MR) is 72.2 cm³/mol. The van der Waals surface area contributed by atoms with E-state index in [-0.39, 0.29) is 5.82 Å². The Bertz CT molecular complexity index is 548. The zero-order valence-electron chi connectivity index (χ0n) is 9.78. The van der Waals surface area contributed by atoms with E-state index in [2.05, 4.69) is 26.2 Å². The molecule has 0 atom stereocenters. The van der Waals surface area contributed by atoms with E-state index >= 15 is 0 Å². The van der Waals surface area contributed by atoms with Crippen LogP contribution in [0.4, 0.5) is 10.1 Å². The van der Waals surface area contributed by atoms with Crippen molar-refractivity contribution < 1.29 is 9.13 Å². The molecule has 1 heterocycles. The second-order valence-electron chi connectivity index (χ2n) is 3.65. The van der Waals surface area contributed by atoms with E-state index in [1.165, 1.54) is 12.1 Å². The molecular weight excluding hydrogens is 299 g/mol. The zero-order chi connectivity index (χ0) is 13.0. The number of nitrogens with zero attached hydrogens (tertiary/aromatic N) is 1. The molecule has 0 spiro atoms. The highest BCUT2D eigenvalue weighted by Crippen LogP contribution is 2.23. The summed E-state index contributed by atoms with van der Waals surface area (Å²) < 4.78 is 19.1. The van der Waals surface area contributed by atoms with Gasteiger partial charge in [-0.15, -0.1) is 0 Å². The summed E-state index contributed by atoms with van der Waals surface area (Å²) in [5, 5.41) is 3.16. The first kappa shape index (κ1) is 12.8. The number of nitrogens with one attached hydrogen (secondary N) is 1. The number of rotatable bonds is 4. The molecule has 1 N–H and O–H groups in total. The molecule has 1 aromatic carbocycles. The Morgan fingerprint density at radius 1 is 1.39 bits per heavy atom. The number of halogens is 2. The predicted octanol–water partition coefficient (Wildman–Crippen LogP) is 3.60. The van der Waals surface area contributed by atoms with E-state index in [0.717, 1.165) is 15.7 Å². The Hall–Kier alpha value is -1.62. The quantitative estimate of drug-likeness (QED) is 0.937. The van der Waals surface area contributed by atoms with Crippen molar-refractivity contribution in [1.29, 1.82) is 0 Å². The summed E-state index contributed by atoms with van der Waals surface area (Å²) in [6.07, 6.45) is 1.65. The molecule has 2 rings (SSSR count). The SMILES string of the molecule is COc1ncccc1NCc1cc(F)ccc1Br. The molecule has 0 aliphatic rings. The Morgan fingerprint density at radius 3 is 3.00 bits per heavy atom. The van der Waals surface area contributed by atoms with Crippen LogP contribution in [0, 0.1) is 5.82 Å². The van der Waals surface area contributed by atoms with Gasteiger partial charge in [0, 0.05) is 17.2 Å². The molecule has 0 saturated carbocycles. The summed E-state index contributed by atoms with van der Waals surface area (Å²) in [6.45, 7) is 0.487. The third-order valence-electron chi connectivity index (χ3n) is 2.44. The van der Waals surface area contributed by atoms with Gasteiger partial charge in [0.2, 0.25) is 5.88 Å². The lowest BCUT2D eigenvalue weighted by atomic mass is 10.2. The fraction of sp³-hybridized carbons (Fsp3) is 0.154. The van der Waals surface area contributed by atoms with Gasteiger partial charge < -0.3 is 10.1 Å². The molecule has 0 fully saturated rings. The Labute approximate surface area is 113 Å². The molecule has 0 saturated heterocycles. The number of methoxy groups -OCH3 is 1. The minimum Gasteiger partial charge on any atom is -0.480 e. The van der Waals surface area contributed by atoms with Crippen molar-refractivity contribution in [2.45, 2.75) is 6.54 Å². The van der Waals surface area contributed by atoms with Gasteiger partial charge in [-0.3, -0.25) is 0 Å². The van der Waals surface area contributed by atoms with Crippen molar-refractivity contribution in [3.63, 3.8) is 0 Å². The molecule has 0 radical (unpaired) electrons. The van der Waals surface area contributed by atoms with Crippen LogP contribution in [0.2, 0.25) is 0 Å². The second-order valence-corrected chi connectivity index (χ2v) is 4.50. The van der Waals surface area contributed by atoms with Crippen LogP contribution in [0.1, 0.15) is 5.56 Å². The summed E-state index contributed by atoms with van der Waals surface area (Å²) in [4.78, 5) is 4.08. The van der Waals surface area contributed by atoms with Gasteiger partial charge in [-0.1, -0.05) is 15.9 Å². The molecule has 5 heteroatoms. The summed E-state index contributed by atoms with van der Waals surface area (Å²) in [7, 11) is 1.56. The van der Waals surface area contributed by atoms with Crippen molar-refractivity contribution in [3.05, 3.63) is 52.4 Å². The zero-order valence-corrected chi connectivity index (χ0v) is 11.4. The van der Waals surface area contributed by atoms with Crippen LogP contribution in [0.25, 0.3) is 0 Å². The lowest BCUT2D eigenvalue weighted by Gasteiger charge is -2.10. The second kappa shape index (κ2) is 5.82. The van der Waals surface area contributed by atoms with Crippen molar-refractivity contribution in [3.8, 4) is 5.88 Å².